The topological polar surface area (TPSA) is 94.1 Å². The third kappa shape index (κ3) is 6.16. The minimum atomic E-state index is -0.727. The van der Waals surface area contributed by atoms with Crippen LogP contribution in [0.4, 0.5) is 4.39 Å². The van der Waals surface area contributed by atoms with Crippen LogP contribution in [-0.4, -0.2) is 71.1 Å². The Morgan fingerprint density at radius 2 is 1.42 bits per heavy atom. The predicted octanol–water partition coefficient (Wildman–Crippen LogP) is 3.79. The van der Waals surface area contributed by atoms with Crippen LogP contribution in [0.5, 0.6) is 5.75 Å². The van der Waals surface area contributed by atoms with E-state index >= 15 is 0 Å². The Hall–Kier alpha value is -1.44. The Balaban J connectivity index is 0.000000197. The summed E-state index contributed by atoms with van der Waals surface area (Å²) in [7, 11) is 0. The van der Waals surface area contributed by atoms with Crippen molar-refractivity contribution >= 4 is 17.5 Å². The minimum Gasteiger partial charge on any atom is -0.447 e. The molecule has 0 aromatic heterocycles. The molecule has 11 heteroatoms. The van der Waals surface area contributed by atoms with Crippen LogP contribution in [0.3, 0.4) is 0 Å². The second kappa shape index (κ2) is 10.7. The molecule has 4 heterocycles. The molecular formula is C25H35FO9S. The molecule has 4 aliphatic heterocycles. The van der Waals surface area contributed by atoms with E-state index in [9.17, 15) is 9.50 Å². The quantitative estimate of drug-likeness (QED) is 0.580. The first-order valence-corrected chi connectivity index (χ1v) is 12.7. The maximum atomic E-state index is 12.9. The van der Waals surface area contributed by atoms with Gasteiger partial charge in [0.15, 0.2) is 36.4 Å². The molecule has 0 amide bonds. The summed E-state index contributed by atoms with van der Waals surface area (Å²) in [4.78, 5) is 0. The second-order valence-corrected chi connectivity index (χ2v) is 10.3. The van der Waals surface area contributed by atoms with Gasteiger partial charge >= 0.3 is 5.24 Å². The standard InChI is InChI=1S/C16H19FO5S.C9H16O4/c1-4-11-12(13-14(19-11)22-16(2,3)21-13)20-15(23)18-10-7-5-9(17)6-8-10;1-4-5-6(10)7-8(11-5)13-9(2,3)12-7/h5-8,11-14H,4H2,1-3H3;5-8,10H,4H2,1-3H3/t11-,12+,13-,14-;5-,6+,7-,8-/m11/s1. The van der Waals surface area contributed by atoms with Crippen molar-refractivity contribution in [3.05, 3.63) is 30.1 Å². The molecule has 5 rings (SSSR count). The molecule has 4 aliphatic rings. The molecule has 0 radical (unpaired) electrons. The van der Waals surface area contributed by atoms with Gasteiger partial charge in [-0.15, -0.1) is 0 Å². The molecule has 4 fully saturated rings. The lowest BCUT2D eigenvalue weighted by atomic mass is 10.1. The molecule has 0 bridgehead atoms. The minimum absolute atomic E-state index is 0.0578. The van der Waals surface area contributed by atoms with Gasteiger partial charge in [0.05, 0.1) is 6.10 Å². The van der Waals surface area contributed by atoms with Gasteiger partial charge in [0.25, 0.3) is 0 Å². The largest absolute Gasteiger partial charge is 0.447 e. The van der Waals surface area contributed by atoms with Gasteiger partial charge in [-0.2, -0.15) is 0 Å². The summed E-state index contributed by atoms with van der Waals surface area (Å²) < 4.78 is 57.9. The molecule has 4 saturated heterocycles. The number of thiocarbonyl (C=S) groups is 1. The smallest absolute Gasteiger partial charge is 0.358 e. The summed E-state index contributed by atoms with van der Waals surface area (Å²) in [5, 5.41) is 9.70. The molecule has 0 unspecified atom stereocenters. The fourth-order valence-corrected chi connectivity index (χ4v) is 4.85. The fourth-order valence-electron chi connectivity index (χ4n) is 4.65. The van der Waals surface area contributed by atoms with Gasteiger partial charge in [-0.25, -0.2) is 4.39 Å². The number of rotatable bonds is 4. The van der Waals surface area contributed by atoms with Crippen LogP contribution in [0.15, 0.2) is 24.3 Å². The van der Waals surface area contributed by atoms with Gasteiger partial charge < -0.3 is 43.0 Å². The number of benzene rings is 1. The van der Waals surface area contributed by atoms with Gasteiger partial charge in [0, 0.05) is 12.2 Å². The average Bonchev–Trinajstić information content (AvgIpc) is 3.47. The van der Waals surface area contributed by atoms with Gasteiger partial charge in [0.1, 0.15) is 29.9 Å². The third-order valence-corrected chi connectivity index (χ3v) is 6.43. The van der Waals surface area contributed by atoms with Crippen molar-refractivity contribution in [1.29, 1.82) is 0 Å². The molecule has 1 aromatic rings. The van der Waals surface area contributed by atoms with Crippen molar-refractivity contribution in [2.24, 2.45) is 0 Å². The Labute approximate surface area is 216 Å². The van der Waals surface area contributed by atoms with Gasteiger partial charge in [0.2, 0.25) is 0 Å². The monoisotopic (exact) mass is 530 g/mol. The Bertz CT molecular complexity index is 911. The van der Waals surface area contributed by atoms with E-state index < -0.39 is 36.4 Å². The lowest BCUT2D eigenvalue weighted by molar-refractivity contribution is -0.215. The first-order chi connectivity index (χ1) is 16.9. The SMILES string of the molecule is CC[C@H]1O[C@@H]2OC(C)(C)O[C@@H]2[C@H]1O.CC[C@H]1O[C@@H]2OC(C)(C)O[C@@H]2[C@H]1OC(=S)Oc1ccc(F)cc1. The molecule has 0 saturated carbocycles. The Kier molecular flexibility index (Phi) is 8.23. The van der Waals surface area contributed by atoms with Gasteiger partial charge in [-0.3, -0.25) is 0 Å². The van der Waals surface area contributed by atoms with E-state index in [1.165, 1.54) is 24.3 Å². The highest BCUT2D eigenvalue weighted by atomic mass is 32.1. The highest BCUT2D eigenvalue weighted by Crippen LogP contribution is 2.40. The molecule has 9 nitrogen and oxygen atoms in total. The lowest BCUT2D eigenvalue weighted by Crippen LogP contribution is -2.38. The average molecular weight is 531 g/mol. The first kappa shape index (κ1) is 27.6. The summed E-state index contributed by atoms with van der Waals surface area (Å²) in [6.45, 7) is 11.2. The molecule has 0 aliphatic carbocycles. The number of fused-ring (bicyclic) bond motifs is 2. The molecule has 1 N–H and O–H groups in total. The lowest BCUT2D eigenvalue weighted by Gasteiger charge is -2.25. The van der Waals surface area contributed by atoms with Crippen molar-refractivity contribution in [2.75, 3.05) is 0 Å². The zero-order valence-electron chi connectivity index (χ0n) is 21.3. The molecule has 202 valence electrons. The van der Waals surface area contributed by atoms with Crippen molar-refractivity contribution in [1.82, 2.24) is 0 Å². The number of halogens is 1. The molecule has 0 spiro atoms. The molecular weight excluding hydrogens is 495 g/mol. The molecule has 36 heavy (non-hydrogen) atoms. The van der Waals surface area contributed by atoms with Crippen molar-refractivity contribution < 1.29 is 47.4 Å². The summed E-state index contributed by atoms with van der Waals surface area (Å²) in [5.74, 6) is -1.30. The summed E-state index contributed by atoms with van der Waals surface area (Å²) >= 11 is 5.13. The van der Waals surface area contributed by atoms with Crippen LogP contribution in [0.25, 0.3) is 0 Å². The summed E-state index contributed by atoms with van der Waals surface area (Å²) in [6, 6.07) is 5.54. The first-order valence-electron chi connectivity index (χ1n) is 12.3. The number of hydrogen-bond acceptors (Lipinski definition) is 10. The van der Waals surface area contributed by atoms with Crippen molar-refractivity contribution in [3.63, 3.8) is 0 Å². The van der Waals surface area contributed by atoms with Crippen molar-refractivity contribution in [3.8, 4) is 5.75 Å². The van der Waals surface area contributed by atoms with Gasteiger partial charge in [-0.1, -0.05) is 13.8 Å². The van der Waals surface area contributed by atoms with E-state index in [1.54, 1.807) is 0 Å². The predicted molar refractivity (Wildman–Crippen MR) is 128 cm³/mol. The molecule has 1 aromatic carbocycles. The van der Waals surface area contributed by atoms with Crippen LogP contribution < -0.4 is 4.74 Å². The Morgan fingerprint density at radius 1 is 0.889 bits per heavy atom. The van der Waals surface area contributed by atoms with E-state index in [0.717, 1.165) is 12.8 Å². The number of aliphatic hydroxyl groups is 1. The van der Waals surface area contributed by atoms with E-state index in [2.05, 4.69) is 0 Å². The van der Waals surface area contributed by atoms with Crippen LogP contribution in [0.1, 0.15) is 54.4 Å². The van der Waals surface area contributed by atoms with E-state index in [4.69, 9.17) is 50.1 Å². The summed E-state index contributed by atoms with van der Waals surface area (Å²) in [6.07, 6.45) is -1.38. The third-order valence-electron chi connectivity index (χ3n) is 6.25. The number of hydrogen-bond donors (Lipinski definition) is 1. The summed E-state index contributed by atoms with van der Waals surface area (Å²) in [5.41, 5.74) is 0. The maximum absolute atomic E-state index is 12.9. The van der Waals surface area contributed by atoms with Crippen LogP contribution in [-0.2, 0) is 33.2 Å². The number of ether oxygens (including phenoxy) is 8. The maximum Gasteiger partial charge on any atom is 0.358 e. The van der Waals surface area contributed by atoms with Crippen LogP contribution in [0, 0.1) is 5.82 Å². The van der Waals surface area contributed by atoms with E-state index in [-0.39, 0.29) is 35.5 Å². The second-order valence-electron chi connectivity index (χ2n) is 9.98. The fraction of sp³-hybridized carbons (Fsp3) is 0.720. The van der Waals surface area contributed by atoms with Crippen LogP contribution >= 0.6 is 12.2 Å². The normalized spacial score (nSPS) is 37.6. The zero-order chi connectivity index (χ0) is 26.3. The van der Waals surface area contributed by atoms with E-state index in [0.29, 0.717) is 5.75 Å². The van der Waals surface area contributed by atoms with Crippen molar-refractivity contribution in [2.45, 2.75) is 115 Å². The van der Waals surface area contributed by atoms with Gasteiger partial charge in [-0.05, 0) is 64.8 Å². The zero-order valence-corrected chi connectivity index (χ0v) is 22.2. The van der Waals surface area contributed by atoms with E-state index in [1.807, 2.05) is 41.5 Å². The highest BCUT2D eigenvalue weighted by molar-refractivity contribution is 7.79. The molecule has 8 atom stereocenters. The number of aliphatic hydroxyl groups excluding tert-OH is 1. The van der Waals surface area contributed by atoms with Crippen LogP contribution in [0.2, 0.25) is 0 Å². The Morgan fingerprint density at radius 3 is 1.97 bits per heavy atom. The highest BCUT2D eigenvalue weighted by Gasteiger charge is 2.56.